The summed E-state index contributed by atoms with van der Waals surface area (Å²) in [7, 11) is 0. The van der Waals surface area contributed by atoms with Crippen LogP contribution in [-0.2, 0) is 6.54 Å². The molecule has 3 N–H and O–H groups in total. The van der Waals surface area contributed by atoms with Gasteiger partial charge in [0, 0.05) is 18.3 Å². The molecule has 0 bridgehead atoms. The molecule has 140 valence electrons. The van der Waals surface area contributed by atoms with Crippen LogP contribution in [0.3, 0.4) is 0 Å². The smallest absolute Gasteiger partial charge is 0.251 e. The molecule has 27 heavy (non-hydrogen) atoms. The fraction of sp³-hybridized carbons (Fsp3) is 0.350. The molecule has 1 atom stereocenters. The van der Waals surface area contributed by atoms with Crippen LogP contribution in [0, 0.1) is 5.92 Å². The van der Waals surface area contributed by atoms with Gasteiger partial charge in [-0.1, -0.05) is 6.07 Å². The van der Waals surface area contributed by atoms with Crippen molar-refractivity contribution in [3.63, 3.8) is 0 Å². The molecule has 7 nitrogen and oxygen atoms in total. The number of aromatic nitrogens is 3. The van der Waals surface area contributed by atoms with Gasteiger partial charge in [0.15, 0.2) is 0 Å². The van der Waals surface area contributed by atoms with Crippen LogP contribution in [0.15, 0.2) is 48.9 Å². The number of carbonyl (C=O) groups is 1. The lowest BCUT2D eigenvalue weighted by molar-refractivity contribution is 0.0228. The molecule has 1 saturated carbocycles. The molecule has 1 amide bonds. The zero-order valence-electron chi connectivity index (χ0n) is 14.8. The minimum atomic E-state index is -0.301. The van der Waals surface area contributed by atoms with Crippen molar-refractivity contribution >= 4 is 16.9 Å². The van der Waals surface area contributed by atoms with Gasteiger partial charge in [0.1, 0.15) is 0 Å². The number of imidazole rings is 1. The van der Waals surface area contributed by atoms with Crippen LogP contribution in [0.5, 0.6) is 0 Å². The van der Waals surface area contributed by atoms with Crippen molar-refractivity contribution in [2.24, 2.45) is 5.92 Å². The van der Waals surface area contributed by atoms with E-state index in [1.807, 2.05) is 28.8 Å². The highest BCUT2D eigenvalue weighted by molar-refractivity contribution is 5.97. The van der Waals surface area contributed by atoms with E-state index in [-0.39, 0.29) is 30.6 Å². The lowest BCUT2D eigenvalue weighted by Crippen LogP contribution is -2.41. The Morgan fingerprint density at radius 1 is 1.26 bits per heavy atom. The number of fused-ring (bicyclic) bond motifs is 1. The number of nitrogens with zero attached hydrogens (tertiary/aromatic N) is 3. The van der Waals surface area contributed by atoms with Crippen molar-refractivity contribution in [2.45, 2.75) is 31.5 Å². The standard InChI is InChI=1S/C20H22N4O3/c25-8-7-24-12-22-17-11-13(4-5-18(17)24)20(27)23-19(14-9-15(26)10-14)16-3-1-2-6-21-16/h1-6,11-12,14-15,19,25-26H,7-10H2,(H,23,27)/t14?,15?,19-/m1/s1. The maximum atomic E-state index is 12.9. The summed E-state index contributed by atoms with van der Waals surface area (Å²) in [5.41, 5.74) is 2.92. The molecule has 0 spiro atoms. The van der Waals surface area contributed by atoms with Crippen molar-refractivity contribution in [1.29, 1.82) is 0 Å². The average molecular weight is 366 g/mol. The Kier molecular flexibility index (Phi) is 4.87. The summed E-state index contributed by atoms with van der Waals surface area (Å²) in [5, 5.41) is 21.9. The molecule has 1 fully saturated rings. The molecule has 1 aliphatic rings. The summed E-state index contributed by atoms with van der Waals surface area (Å²) < 4.78 is 1.85. The Hall–Kier alpha value is -2.77. The molecule has 7 heteroatoms. The molecular weight excluding hydrogens is 344 g/mol. The van der Waals surface area contributed by atoms with E-state index in [2.05, 4.69) is 15.3 Å². The quantitative estimate of drug-likeness (QED) is 0.616. The van der Waals surface area contributed by atoms with Gasteiger partial charge in [-0.15, -0.1) is 0 Å². The number of rotatable bonds is 6. The van der Waals surface area contributed by atoms with E-state index < -0.39 is 0 Å². The summed E-state index contributed by atoms with van der Waals surface area (Å²) in [6, 6.07) is 10.8. The normalized spacial score (nSPS) is 20.2. The third-order valence-corrected chi connectivity index (χ3v) is 5.14. The summed E-state index contributed by atoms with van der Waals surface area (Å²) in [6.07, 6.45) is 4.39. The molecule has 0 aliphatic heterocycles. The maximum absolute atomic E-state index is 12.9. The predicted molar refractivity (Wildman–Crippen MR) is 100.0 cm³/mol. The fourth-order valence-corrected chi connectivity index (χ4v) is 3.61. The molecule has 0 saturated heterocycles. The number of benzene rings is 1. The van der Waals surface area contributed by atoms with Crippen LogP contribution in [0.4, 0.5) is 0 Å². The van der Waals surface area contributed by atoms with Gasteiger partial charge in [0.25, 0.3) is 5.91 Å². The number of hydrogen-bond acceptors (Lipinski definition) is 5. The number of aliphatic hydroxyl groups excluding tert-OH is 2. The largest absolute Gasteiger partial charge is 0.395 e. The number of amides is 1. The van der Waals surface area contributed by atoms with Gasteiger partial charge in [0.2, 0.25) is 0 Å². The van der Waals surface area contributed by atoms with E-state index >= 15 is 0 Å². The topological polar surface area (TPSA) is 100 Å². The third-order valence-electron chi connectivity index (χ3n) is 5.14. The molecule has 3 aromatic rings. The Bertz CT molecular complexity index is 935. The van der Waals surface area contributed by atoms with E-state index in [4.69, 9.17) is 5.11 Å². The van der Waals surface area contributed by atoms with Crippen LogP contribution >= 0.6 is 0 Å². The van der Waals surface area contributed by atoms with Crippen LogP contribution in [0.25, 0.3) is 11.0 Å². The van der Waals surface area contributed by atoms with Gasteiger partial charge in [-0.05, 0) is 49.1 Å². The van der Waals surface area contributed by atoms with Crippen molar-refractivity contribution in [1.82, 2.24) is 19.9 Å². The highest BCUT2D eigenvalue weighted by Gasteiger charge is 2.36. The van der Waals surface area contributed by atoms with Gasteiger partial charge in [-0.25, -0.2) is 4.98 Å². The van der Waals surface area contributed by atoms with Crippen molar-refractivity contribution < 1.29 is 15.0 Å². The van der Waals surface area contributed by atoms with E-state index in [1.165, 1.54) is 0 Å². The van der Waals surface area contributed by atoms with Crippen LogP contribution < -0.4 is 5.32 Å². The minimum Gasteiger partial charge on any atom is -0.395 e. The number of pyridine rings is 1. The molecule has 2 heterocycles. The van der Waals surface area contributed by atoms with E-state index in [0.717, 1.165) is 11.2 Å². The Labute approximate surface area is 156 Å². The highest BCUT2D eigenvalue weighted by Crippen LogP contribution is 2.37. The molecule has 4 rings (SSSR count). The summed E-state index contributed by atoms with van der Waals surface area (Å²) in [5.74, 6) is -0.0167. The zero-order valence-corrected chi connectivity index (χ0v) is 14.8. The maximum Gasteiger partial charge on any atom is 0.251 e. The fourth-order valence-electron chi connectivity index (χ4n) is 3.61. The molecule has 0 unspecified atom stereocenters. The van der Waals surface area contributed by atoms with E-state index in [9.17, 15) is 9.90 Å². The molecule has 2 aromatic heterocycles. The van der Waals surface area contributed by atoms with Gasteiger partial charge in [-0.2, -0.15) is 0 Å². The first kappa shape index (κ1) is 17.6. The Balaban J connectivity index is 1.56. The summed E-state index contributed by atoms with van der Waals surface area (Å²) in [6.45, 7) is 0.500. The number of hydrogen-bond donors (Lipinski definition) is 3. The van der Waals surface area contributed by atoms with Crippen LogP contribution in [-0.4, -0.2) is 43.4 Å². The first-order valence-electron chi connectivity index (χ1n) is 9.11. The molecule has 0 radical (unpaired) electrons. The lowest BCUT2D eigenvalue weighted by atomic mass is 9.76. The van der Waals surface area contributed by atoms with E-state index in [0.29, 0.717) is 30.5 Å². The highest BCUT2D eigenvalue weighted by atomic mass is 16.3. The van der Waals surface area contributed by atoms with Crippen molar-refractivity contribution in [3.05, 3.63) is 60.2 Å². The first-order valence-corrected chi connectivity index (χ1v) is 9.11. The van der Waals surface area contributed by atoms with Gasteiger partial charge < -0.3 is 20.1 Å². The molecular formula is C20H22N4O3. The van der Waals surface area contributed by atoms with Gasteiger partial charge in [-0.3, -0.25) is 9.78 Å². The summed E-state index contributed by atoms with van der Waals surface area (Å²) >= 11 is 0. The Morgan fingerprint density at radius 3 is 2.81 bits per heavy atom. The molecule has 1 aliphatic carbocycles. The minimum absolute atomic E-state index is 0.0344. The average Bonchev–Trinajstić information content (AvgIpc) is 3.07. The van der Waals surface area contributed by atoms with Gasteiger partial charge >= 0.3 is 0 Å². The van der Waals surface area contributed by atoms with Gasteiger partial charge in [0.05, 0.1) is 41.8 Å². The molecule has 1 aromatic carbocycles. The van der Waals surface area contributed by atoms with E-state index in [1.54, 1.807) is 24.7 Å². The number of carbonyl (C=O) groups excluding carboxylic acids is 1. The van der Waals surface area contributed by atoms with Crippen LogP contribution in [0.2, 0.25) is 0 Å². The second-order valence-corrected chi connectivity index (χ2v) is 6.96. The Morgan fingerprint density at radius 2 is 2.11 bits per heavy atom. The second-order valence-electron chi connectivity index (χ2n) is 6.96. The number of nitrogens with one attached hydrogen (secondary N) is 1. The lowest BCUT2D eigenvalue weighted by Gasteiger charge is -2.37. The number of aliphatic hydroxyl groups is 2. The van der Waals surface area contributed by atoms with Crippen LogP contribution in [0.1, 0.15) is 34.9 Å². The van der Waals surface area contributed by atoms with Crippen molar-refractivity contribution in [3.8, 4) is 0 Å². The zero-order chi connectivity index (χ0) is 18.8. The predicted octanol–water partition coefficient (Wildman–Crippen LogP) is 1.67. The summed E-state index contributed by atoms with van der Waals surface area (Å²) in [4.78, 5) is 21.6. The SMILES string of the molecule is O=C(N[C@@H](c1ccccn1)C1CC(O)C1)c1ccc2c(c1)ncn2CCO. The van der Waals surface area contributed by atoms with Crippen molar-refractivity contribution in [2.75, 3.05) is 6.61 Å². The monoisotopic (exact) mass is 366 g/mol. The first-order chi connectivity index (χ1) is 13.2. The second kappa shape index (κ2) is 7.46. The third kappa shape index (κ3) is 3.56.